The van der Waals surface area contributed by atoms with Crippen LogP contribution in [-0.2, 0) is 6.54 Å². The predicted octanol–water partition coefficient (Wildman–Crippen LogP) is -0.118. The van der Waals surface area contributed by atoms with Crippen LogP contribution < -0.4 is 16.6 Å². The molecule has 0 aromatic heterocycles. The minimum Gasteiger partial charge on any atom is -0.367 e. The first-order valence-electron chi connectivity index (χ1n) is 8.85. The lowest BCUT2D eigenvalue weighted by molar-refractivity contribution is -0.0370. The number of hydrogen-bond acceptors (Lipinski definition) is 7. The molecule has 0 amide bonds. The van der Waals surface area contributed by atoms with Gasteiger partial charge in [0.15, 0.2) is 17.8 Å². The number of unbranched alkanes of at least 4 members (excludes halogenated alkanes) is 1. The maximum atomic E-state index is 12.2. The number of aryl methyl sites for hydroxylation is 3. The van der Waals surface area contributed by atoms with E-state index in [1.54, 1.807) is 0 Å². The van der Waals surface area contributed by atoms with E-state index in [1.165, 1.54) is 0 Å². The fourth-order valence-electron chi connectivity index (χ4n) is 3.03. The molecule has 0 unspecified atom stereocenters. The Hall–Kier alpha value is -2.62. The fourth-order valence-corrected chi connectivity index (χ4v) is 3.03. The van der Waals surface area contributed by atoms with Gasteiger partial charge < -0.3 is 20.1 Å². The zero-order chi connectivity index (χ0) is 19.6. The Morgan fingerprint density at radius 3 is 2.63 bits per heavy atom. The van der Waals surface area contributed by atoms with Crippen molar-refractivity contribution in [3.63, 3.8) is 0 Å². The van der Waals surface area contributed by atoms with E-state index in [4.69, 9.17) is 10.2 Å². The largest absolute Gasteiger partial charge is 0.367 e. The quantitative estimate of drug-likeness (QED) is 0.258. The molecule has 0 bridgehead atoms. The molecule has 2 aliphatic heterocycles. The summed E-state index contributed by atoms with van der Waals surface area (Å²) in [4.78, 5) is 34.5. The molecule has 1 aromatic carbocycles. The van der Waals surface area contributed by atoms with Gasteiger partial charge in [0.25, 0.3) is 5.56 Å². The van der Waals surface area contributed by atoms with Gasteiger partial charge in [-0.2, -0.15) is 4.98 Å². The molecule has 0 fully saturated rings. The Kier molecular flexibility index (Phi) is 5.64. The molecule has 0 saturated heterocycles. The monoisotopic (exact) mass is 373 g/mol. The van der Waals surface area contributed by atoms with E-state index in [2.05, 4.69) is 20.3 Å². The summed E-state index contributed by atoms with van der Waals surface area (Å²) in [6.07, 6.45) is 0.164. The standard InChI is InChI=1S/C18H23N5O4/c1-10-7-12-13(8-11(10)2)23(6-4-3-5-19-9-14(24)25)16-15(20-12)17(26)22-18(27)21-16/h7-8,14,19,24-25H,3-6,9H2,1-2H3,(H,22,26,27). The number of H-pyrrole nitrogens is 1. The van der Waals surface area contributed by atoms with E-state index in [0.717, 1.165) is 29.5 Å². The smallest absolute Gasteiger partial charge is 0.349 e. The highest BCUT2D eigenvalue weighted by atomic mass is 16.5. The first kappa shape index (κ1) is 19.2. The molecule has 4 N–H and O–H groups in total. The van der Waals surface area contributed by atoms with Crippen molar-refractivity contribution in [3.8, 4) is 11.5 Å². The van der Waals surface area contributed by atoms with Crippen molar-refractivity contribution in [2.45, 2.75) is 39.5 Å². The van der Waals surface area contributed by atoms with Crippen LogP contribution in [0.15, 0.2) is 21.7 Å². The van der Waals surface area contributed by atoms with Crippen molar-refractivity contribution in [1.82, 2.24) is 24.8 Å². The minimum atomic E-state index is -1.37. The number of fused-ring (bicyclic) bond motifs is 2. The molecule has 144 valence electrons. The molecule has 0 aliphatic carbocycles. The summed E-state index contributed by atoms with van der Waals surface area (Å²) in [5.41, 5.74) is 2.56. The lowest BCUT2D eigenvalue weighted by atomic mass is 10.1. The second-order valence-corrected chi connectivity index (χ2v) is 6.62. The number of aliphatic hydroxyl groups is 2. The lowest BCUT2D eigenvalue weighted by Crippen LogP contribution is -2.29. The summed E-state index contributed by atoms with van der Waals surface area (Å²) in [6.45, 7) is 5.27. The number of nitrogens with one attached hydrogen (secondary N) is 2. The molecular weight excluding hydrogens is 350 g/mol. The van der Waals surface area contributed by atoms with Crippen LogP contribution in [0.3, 0.4) is 0 Å². The van der Waals surface area contributed by atoms with Crippen LogP contribution in [0.4, 0.5) is 0 Å². The third-order valence-corrected chi connectivity index (χ3v) is 4.54. The Morgan fingerprint density at radius 1 is 1.15 bits per heavy atom. The second-order valence-electron chi connectivity index (χ2n) is 6.62. The lowest BCUT2D eigenvalue weighted by Gasteiger charge is -2.17. The number of aromatic nitrogens is 4. The molecule has 0 saturated carbocycles. The first-order valence-corrected chi connectivity index (χ1v) is 8.85. The van der Waals surface area contributed by atoms with E-state index >= 15 is 0 Å². The van der Waals surface area contributed by atoms with E-state index in [-0.39, 0.29) is 18.1 Å². The zero-order valence-electron chi connectivity index (χ0n) is 15.3. The zero-order valence-corrected chi connectivity index (χ0v) is 15.3. The summed E-state index contributed by atoms with van der Waals surface area (Å²) in [5.74, 6) is 0.276. The predicted molar refractivity (Wildman–Crippen MR) is 101 cm³/mol. The maximum absolute atomic E-state index is 12.2. The number of aromatic amines is 1. The average Bonchev–Trinajstić information content (AvgIpc) is 2.59. The highest BCUT2D eigenvalue weighted by Crippen LogP contribution is 2.24. The van der Waals surface area contributed by atoms with Crippen LogP contribution in [0.1, 0.15) is 24.0 Å². The molecular formula is C18H23N5O4. The number of nitrogens with zero attached hydrogens (tertiary/aromatic N) is 3. The minimum absolute atomic E-state index is 0.114. The Labute approximate surface area is 155 Å². The number of aliphatic hydroxyl groups excluding tert-OH is 1. The third kappa shape index (κ3) is 4.21. The number of benzene rings is 1. The van der Waals surface area contributed by atoms with Gasteiger partial charge in [0.1, 0.15) is 0 Å². The average molecular weight is 373 g/mol. The summed E-state index contributed by atoms with van der Waals surface area (Å²) in [6, 6.07) is 3.92. The SMILES string of the molecule is Cc1cc2nc3c(=O)[nH]c(=O)nc-3n(CCCCNCC(O)O)c2cc1C. The van der Waals surface area contributed by atoms with Crippen molar-refractivity contribution in [3.05, 3.63) is 44.1 Å². The van der Waals surface area contributed by atoms with Crippen LogP contribution in [0, 0.1) is 13.8 Å². The Balaban J connectivity index is 1.98. The molecule has 2 aliphatic rings. The first-order chi connectivity index (χ1) is 12.9. The van der Waals surface area contributed by atoms with Crippen molar-refractivity contribution in [1.29, 1.82) is 0 Å². The molecule has 0 radical (unpaired) electrons. The molecule has 0 spiro atoms. The highest BCUT2D eigenvalue weighted by molar-refractivity contribution is 5.81. The van der Waals surface area contributed by atoms with Gasteiger partial charge in [-0.05, 0) is 56.5 Å². The second kappa shape index (κ2) is 7.95. The van der Waals surface area contributed by atoms with Crippen LogP contribution in [0.2, 0.25) is 0 Å². The van der Waals surface area contributed by atoms with Gasteiger partial charge in [-0.25, -0.2) is 9.78 Å². The van der Waals surface area contributed by atoms with Gasteiger partial charge in [0, 0.05) is 13.1 Å². The van der Waals surface area contributed by atoms with Gasteiger partial charge in [-0.3, -0.25) is 9.78 Å². The van der Waals surface area contributed by atoms with Gasteiger partial charge in [0.2, 0.25) is 0 Å². The van der Waals surface area contributed by atoms with Crippen molar-refractivity contribution >= 4 is 11.0 Å². The van der Waals surface area contributed by atoms with Gasteiger partial charge in [0.05, 0.1) is 11.0 Å². The third-order valence-electron chi connectivity index (χ3n) is 4.54. The van der Waals surface area contributed by atoms with E-state index in [1.807, 2.05) is 30.5 Å². The molecule has 2 heterocycles. The van der Waals surface area contributed by atoms with Gasteiger partial charge in [-0.1, -0.05) is 0 Å². The molecule has 9 heteroatoms. The molecule has 0 atom stereocenters. The summed E-state index contributed by atoms with van der Waals surface area (Å²) < 4.78 is 1.86. The number of rotatable bonds is 7. The van der Waals surface area contributed by atoms with Crippen molar-refractivity contribution < 1.29 is 10.2 Å². The number of hydrogen-bond donors (Lipinski definition) is 4. The topological polar surface area (TPSA) is 133 Å². The van der Waals surface area contributed by atoms with Crippen LogP contribution in [0.5, 0.6) is 0 Å². The van der Waals surface area contributed by atoms with Crippen LogP contribution in [0.25, 0.3) is 22.6 Å². The Morgan fingerprint density at radius 2 is 1.89 bits per heavy atom. The molecule has 3 rings (SSSR count). The summed E-state index contributed by atoms with van der Waals surface area (Å²) >= 11 is 0. The van der Waals surface area contributed by atoms with Crippen LogP contribution in [-0.4, -0.2) is 49.1 Å². The van der Waals surface area contributed by atoms with Gasteiger partial charge >= 0.3 is 5.69 Å². The molecule has 9 nitrogen and oxygen atoms in total. The van der Waals surface area contributed by atoms with Crippen molar-refractivity contribution in [2.75, 3.05) is 13.1 Å². The Bertz CT molecular complexity index is 1040. The van der Waals surface area contributed by atoms with Crippen LogP contribution >= 0.6 is 0 Å². The highest BCUT2D eigenvalue weighted by Gasteiger charge is 2.18. The maximum Gasteiger partial charge on any atom is 0.349 e. The molecule has 1 aromatic rings. The van der Waals surface area contributed by atoms with Crippen molar-refractivity contribution in [2.24, 2.45) is 0 Å². The fraction of sp³-hybridized carbons (Fsp3) is 0.444. The van der Waals surface area contributed by atoms with Gasteiger partial charge in [-0.15, -0.1) is 0 Å². The summed E-state index contributed by atoms with van der Waals surface area (Å²) in [5, 5.41) is 20.6. The molecule has 27 heavy (non-hydrogen) atoms. The van der Waals surface area contributed by atoms with E-state index in [9.17, 15) is 9.59 Å². The van der Waals surface area contributed by atoms with E-state index in [0.29, 0.717) is 18.6 Å². The van der Waals surface area contributed by atoms with E-state index < -0.39 is 17.5 Å². The summed E-state index contributed by atoms with van der Waals surface area (Å²) in [7, 11) is 0. The normalized spacial score (nSPS) is 11.7.